The molecule has 19 heavy (non-hydrogen) atoms. The van der Waals surface area contributed by atoms with E-state index in [2.05, 4.69) is 11.4 Å². The van der Waals surface area contributed by atoms with E-state index in [1.807, 2.05) is 0 Å². The van der Waals surface area contributed by atoms with Crippen molar-refractivity contribution in [3.8, 4) is 6.07 Å². The minimum absolute atomic E-state index is 0.0108. The third-order valence-corrected chi connectivity index (χ3v) is 3.85. The molecule has 104 valence electrons. The molecule has 1 N–H and O–H groups in total. The zero-order chi connectivity index (χ0) is 13.7. The van der Waals surface area contributed by atoms with Crippen LogP contribution < -0.4 is 5.32 Å². The van der Waals surface area contributed by atoms with Crippen molar-refractivity contribution in [1.29, 1.82) is 5.26 Å². The number of carbonyl (C=O) groups excluding carboxylic acids is 2. The minimum atomic E-state index is -1.02. The van der Waals surface area contributed by atoms with Crippen molar-refractivity contribution in [2.75, 3.05) is 32.8 Å². The van der Waals surface area contributed by atoms with E-state index in [0.29, 0.717) is 26.1 Å². The Morgan fingerprint density at radius 3 is 2.47 bits per heavy atom. The summed E-state index contributed by atoms with van der Waals surface area (Å²) in [6.07, 6.45) is 2.85. The Hall–Kier alpha value is -1.61. The van der Waals surface area contributed by atoms with Gasteiger partial charge in [-0.3, -0.25) is 9.59 Å². The van der Waals surface area contributed by atoms with Crippen LogP contribution >= 0.6 is 0 Å². The van der Waals surface area contributed by atoms with E-state index in [4.69, 9.17) is 4.74 Å². The lowest BCUT2D eigenvalue weighted by Gasteiger charge is -2.29. The van der Waals surface area contributed by atoms with E-state index in [1.165, 1.54) is 0 Å². The standard InChI is InChI=1S/C13H19N3O3/c14-10-13(3-7-19-8-4-13)12(18)15-9-11(17)16-5-1-2-6-16/h1-9H2,(H,15,18). The predicted octanol–water partition coefficient (Wildman–Crippen LogP) is 0.0454. The summed E-state index contributed by atoms with van der Waals surface area (Å²) in [6.45, 7) is 2.36. The summed E-state index contributed by atoms with van der Waals surface area (Å²) in [7, 11) is 0. The first-order valence-corrected chi connectivity index (χ1v) is 6.73. The molecule has 2 saturated heterocycles. The molecule has 2 heterocycles. The topological polar surface area (TPSA) is 82.4 Å². The summed E-state index contributed by atoms with van der Waals surface area (Å²) < 4.78 is 5.18. The molecule has 0 aromatic rings. The molecule has 2 amide bonds. The van der Waals surface area contributed by atoms with Gasteiger partial charge in [-0.2, -0.15) is 5.26 Å². The molecule has 0 aromatic heterocycles. The summed E-state index contributed by atoms with van der Waals surface area (Å²) in [6, 6.07) is 2.09. The number of rotatable bonds is 3. The molecule has 0 saturated carbocycles. The highest BCUT2D eigenvalue weighted by molar-refractivity contribution is 5.89. The van der Waals surface area contributed by atoms with Crippen LogP contribution in [0.25, 0.3) is 0 Å². The smallest absolute Gasteiger partial charge is 0.241 e. The molecule has 0 radical (unpaired) electrons. The molecule has 2 fully saturated rings. The molecule has 0 spiro atoms. The fourth-order valence-electron chi connectivity index (χ4n) is 2.51. The fourth-order valence-corrected chi connectivity index (χ4v) is 2.51. The number of nitriles is 1. The first kappa shape index (κ1) is 13.8. The van der Waals surface area contributed by atoms with Gasteiger partial charge in [-0.05, 0) is 25.7 Å². The molecule has 6 nitrogen and oxygen atoms in total. The maximum Gasteiger partial charge on any atom is 0.241 e. The van der Waals surface area contributed by atoms with Crippen LogP contribution in [0.2, 0.25) is 0 Å². The van der Waals surface area contributed by atoms with Gasteiger partial charge in [-0.1, -0.05) is 0 Å². The SMILES string of the molecule is N#CC1(C(=O)NCC(=O)N2CCCC2)CCOCC1. The van der Waals surface area contributed by atoms with Crippen molar-refractivity contribution in [2.24, 2.45) is 5.41 Å². The summed E-state index contributed by atoms with van der Waals surface area (Å²) in [5.41, 5.74) is -1.02. The van der Waals surface area contributed by atoms with Crippen LogP contribution in [0.3, 0.4) is 0 Å². The maximum absolute atomic E-state index is 12.1. The molecular formula is C13H19N3O3. The largest absolute Gasteiger partial charge is 0.381 e. The van der Waals surface area contributed by atoms with Gasteiger partial charge in [-0.25, -0.2) is 0 Å². The highest BCUT2D eigenvalue weighted by Gasteiger charge is 2.40. The lowest BCUT2D eigenvalue weighted by Crippen LogP contribution is -2.47. The van der Waals surface area contributed by atoms with Crippen molar-refractivity contribution >= 4 is 11.8 Å². The predicted molar refractivity (Wildman–Crippen MR) is 66.9 cm³/mol. The van der Waals surface area contributed by atoms with Gasteiger partial charge in [0, 0.05) is 26.3 Å². The van der Waals surface area contributed by atoms with Gasteiger partial charge in [0.05, 0.1) is 12.6 Å². The maximum atomic E-state index is 12.1. The highest BCUT2D eigenvalue weighted by Crippen LogP contribution is 2.29. The number of nitrogens with zero attached hydrogens (tertiary/aromatic N) is 2. The lowest BCUT2D eigenvalue weighted by atomic mass is 9.81. The number of hydrogen-bond acceptors (Lipinski definition) is 4. The summed E-state index contributed by atoms with van der Waals surface area (Å²) in [5.74, 6) is -0.406. The van der Waals surface area contributed by atoms with Crippen molar-refractivity contribution in [3.05, 3.63) is 0 Å². The van der Waals surface area contributed by atoms with Crippen LogP contribution in [-0.4, -0.2) is 49.6 Å². The average Bonchev–Trinajstić information content (AvgIpc) is 2.99. The zero-order valence-electron chi connectivity index (χ0n) is 11.0. The van der Waals surface area contributed by atoms with Crippen molar-refractivity contribution in [1.82, 2.24) is 10.2 Å². The van der Waals surface area contributed by atoms with E-state index in [9.17, 15) is 14.9 Å². The molecular weight excluding hydrogens is 246 g/mol. The normalized spacial score (nSPS) is 21.7. The summed E-state index contributed by atoms with van der Waals surface area (Å²) >= 11 is 0. The minimum Gasteiger partial charge on any atom is -0.381 e. The molecule has 0 aliphatic carbocycles. The van der Waals surface area contributed by atoms with E-state index in [0.717, 1.165) is 25.9 Å². The van der Waals surface area contributed by atoms with Crippen molar-refractivity contribution in [3.63, 3.8) is 0 Å². The number of ether oxygens (including phenoxy) is 1. The van der Waals surface area contributed by atoms with Gasteiger partial charge in [-0.15, -0.1) is 0 Å². The fraction of sp³-hybridized carbons (Fsp3) is 0.769. The van der Waals surface area contributed by atoms with Gasteiger partial charge >= 0.3 is 0 Å². The van der Waals surface area contributed by atoms with Crippen LogP contribution in [0.15, 0.2) is 0 Å². The molecule has 0 aromatic carbocycles. The van der Waals surface area contributed by atoms with Crippen LogP contribution in [0, 0.1) is 16.7 Å². The molecule has 2 rings (SSSR count). The number of nitrogens with one attached hydrogen (secondary N) is 1. The second-order valence-corrected chi connectivity index (χ2v) is 5.08. The van der Waals surface area contributed by atoms with Gasteiger partial charge in [0.2, 0.25) is 11.8 Å². The zero-order valence-corrected chi connectivity index (χ0v) is 11.0. The van der Waals surface area contributed by atoms with Crippen molar-refractivity contribution in [2.45, 2.75) is 25.7 Å². The molecule has 0 unspecified atom stereocenters. The van der Waals surface area contributed by atoms with Crippen LogP contribution in [0.1, 0.15) is 25.7 Å². The second-order valence-electron chi connectivity index (χ2n) is 5.08. The van der Waals surface area contributed by atoms with Crippen LogP contribution in [0.5, 0.6) is 0 Å². The molecule has 6 heteroatoms. The highest BCUT2D eigenvalue weighted by atomic mass is 16.5. The first-order chi connectivity index (χ1) is 9.18. The number of hydrogen-bond donors (Lipinski definition) is 1. The van der Waals surface area contributed by atoms with Gasteiger partial charge < -0.3 is 15.0 Å². The Bertz CT molecular complexity index is 390. The number of likely N-dealkylation sites (tertiary alicyclic amines) is 1. The number of amides is 2. The molecule has 0 atom stereocenters. The molecule has 2 aliphatic heterocycles. The van der Waals surface area contributed by atoms with Crippen LogP contribution in [0.4, 0.5) is 0 Å². The van der Waals surface area contributed by atoms with Gasteiger partial charge in [0.15, 0.2) is 0 Å². The lowest BCUT2D eigenvalue weighted by molar-refractivity contribution is -0.136. The van der Waals surface area contributed by atoms with E-state index >= 15 is 0 Å². The Kier molecular flexibility index (Phi) is 4.38. The Morgan fingerprint density at radius 2 is 1.89 bits per heavy atom. The quantitative estimate of drug-likeness (QED) is 0.781. The van der Waals surface area contributed by atoms with Crippen LogP contribution in [-0.2, 0) is 14.3 Å². The Labute approximate surface area is 112 Å². The average molecular weight is 265 g/mol. The van der Waals surface area contributed by atoms with Gasteiger partial charge in [0.25, 0.3) is 0 Å². The van der Waals surface area contributed by atoms with E-state index in [1.54, 1.807) is 4.90 Å². The first-order valence-electron chi connectivity index (χ1n) is 6.73. The monoisotopic (exact) mass is 265 g/mol. The Balaban J connectivity index is 1.86. The third-order valence-electron chi connectivity index (χ3n) is 3.85. The summed E-state index contributed by atoms with van der Waals surface area (Å²) in [4.78, 5) is 25.7. The summed E-state index contributed by atoms with van der Waals surface area (Å²) in [5, 5.41) is 11.8. The van der Waals surface area contributed by atoms with Gasteiger partial charge in [0.1, 0.15) is 5.41 Å². The molecule has 2 aliphatic rings. The Morgan fingerprint density at radius 1 is 1.26 bits per heavy atom. The second kappa shape index (κ2) is 6.02. The van der Waals surface area contributed by atoms with E-state index < -0.39 is 5.41 Å². The number of carbonyl (C=O) groups is 2. The van der Waals surface area contributed by atoms with Crippen molar-refractivity contribution < 1.29 is 14.3 Å². The van der Waals surface area contributed by atoms with E-state index in [-0.39, 0.29) is 18.4 Å². The third kappa shape index (κ3) is 3.04. The molecule has 0 bridgehead atoms.